The fraction of sp³-hybridized carbons (Fsp3) is 0.917. The van der Waals surface area contributed by atoms with Crippen molar-refractivity contribution in [1.29, 1.82) is 0 Å². The molecule has 0 rings (SSSR count). The molecule has 98 valence electrons. The van der Waals surface area contributed by atoms with Gasteiger partial charge in [0.1, 0.15) is 0 Å². The molecule has 0 bridgehead atoms. The molecule has 0 fully saturated rings. The molecular formula is C12H27NO3. The van der Waals surface area contributed by atoms with Gasteiger partial charge in [-0.1, -0.05) is 0 Å². The molecule has 0 aliphatic heterocycles. The Morgan fingerprint density at radius 1 is 1.31 bits per heavy atom. The number of carbonyl (C=O) groups is 1. The summed E-state index contributed by atoms with van der Waals surface area (Å²) in [5, 5.41) is 2.82. The predicted molar refractivity (Wildman–Crippen MR) is 66.6 cm³/mol. The van der Waals surface area contributed by atoms with E-state index in [1.54, 1.807) is 0 Å². The molecule has 0 aromatic rings. The Kier molecular flexibility index (Phi) is 10.5. The Morgan fingerprint density at radius 2 is 2.06 bits per heavy atom. The van der Waals surface area contributed by atoms with Crippen molar-refractivity contribution in [3.8, 4) is 0 Å². The molecule has 0 atom stereocenters. The summed E-state index contributed by atoms with van der Waals surface area (Å²) in [5.74, 6) is 0.101. The zero-order valence-corrected chi connectivity index (χ0v) is 10.8. The van der Waals surface area contributed by atoms with Gasteiger partial charge in [0.2, 0.25) is 5.91 Å². The number of hydrogen-bond donors (Lipinski definition) is 1. The molecule has 0 saturated carbocycles. The van der Waals surface area contributed by atoms with Crippen LogP contribution in [0, 0.1) is 0 Å². The average molecular weight is 233 g/mol. The SMILES string of the molecule is CCOCCCCC(=O)NCCOC(C)C.[HH]. The fourth-order valence-electron chi connectivity index (χ4n) is 1.21. The van der Waals surface area contributed by atoms with Gasteiger partial charge in [0, 0.05) is 27.6 Å². The third-order valence-electron chi connectivity index (χ3n) is 2.02. The number of ether oxygens (including phenoxy) is 2. The van der Waals surface area contributed by atoms with Crippen molar-refractivity contribution >= 4 is 5.91 Å². The minimum Gasteiger partial charge on any atom is -0.382 e. The molecule has 1 amide bonds. The number of rotatable bonds is 10. The first-order chi connectivity index (χ1) is 7.66. The maximum atomic E-state index is 11.3. The summed E-state index contributed by atoms with van der Waals surface area (Å²) in [5.41, 5.74) is 0. The van der Waals surface area contributed by atoms with Crippen LogP contribution in [0.4, 0.5) is 0 Å². The highest BCUT2D eigenvalue weighted by molar-refractivity contribution is 5.75. The predicted octanol–water partition coefficient (Wildman–Crippen LogP) is 1.98. The van der Waals surface area contributed by atoms with Crippen LogP contribution in [-0.4, -0.2) is 38.4 Å². The van der Waals surface area contributed by atoms with Gasteiger partial charge < -0.3 is 14.8 Å². The van der Waals surface area contributed by atoms with Crippen molar-refractivity contribution < 1.29 is 15.7 Å². The summed E-state index contributed by atoms with van der Waals surface area (Å²) in [7, 11) is 0. The first-order valence-corrected chi connectivity index (χ1v) is 6.12. The van der Waals surface area contributed by atoms with E-state index >= 15 is 0 Å². The van der Waals surface area contributed by atoms with Crippen LogP contribution in [0.3, 0.4) is 0 Å². The number of carbonyl (C=O) groups excluding carboxylic acids is 1. The molecule has 1 N–H and O–H groups in total. The molecule has 0 radical (unpaired) electrons. The molecule has 16 heavy (non-hydrogen) atoms. The molecule has 0 spiro atoms. The molecule has 0 aliphatic rings. The van der Waals surface area contributed by atoms with Gasteiger partial charge in [-0.2, -0.15) is 0 Å². The molecule has 4 heteroatoms. The van der Waals surface area contributed by atoms with E-state index in [9.17, 15) is 4.79 Å². The van der Waals surface area contributed by atoms with Crippen LogP contribution in [0.5, 0.6) is 0 Å². The van der Waals surface area contributed by atoms with Crippen LogP contribution >= 0.6 is 0 Å². The molecule has 0 aliphatic carbocycles. The van der Waals surface area contributed by atoms with E-state index in [-0.39, 0.29) is 13.4 Å². The molecule has 4 nitrogen and oxygen atoms in total. The largest absolute Gasteiger partial charge is 0.382 e. The number of unbranched alkanes of at least 4 members (excludes halogenated alkanes) is 1. The number of hydrogen-bond acceptors (Lipinski definition) is 3. The smallest absolute Gasteiger partial charge is 0.220 e. The molecule has 0 aromatic heterocycles. The lowest BCUT2D eigenvalue weighted by atomic mass is 10.2. The molecule has 0 unspecified atom stereocenters. The maximum absolute atomic E-state index is 11.3. The van der Waals surface area contributed by atoms with Crippen molar-refractivity contribution in [2.75, 3.05) is 26.4 Å². The minimum absolute atomic E-state index is 0. The van der Waals surface area contributed by atoms with Crippen molar-refractivity contribution in [3.05, 3.63) is 0 Å². The Morgan fingerprint density at radius 3 is 2.69 bits per heavy atom. The van der Waals surface area contributed by atoms with E-state index in [0.29, 0.717) is 19.6 Å². The Balaban J connectivity index is 0. The van der Waals surface area contributed by atoms with Crippen molar-refractivity contribution in [3.63, 3.8) is 0 Å². The lowest BCUT2D eigenvalue weighted by molar-refractivity contribution is -0.121. The van der Waals surface area contributed by atoms with E-state index in [4.69, 9.17) is 9.47 Å². The van der Waals surface area contributed by atoms with Gasteiger partial charge in [0.05, 0.1) is 12.7 Å². The van der Waals surface area contributed by atoms with Crippen molar-refractivity contribution in [2.45, 2.75) is 46.1 Å². The van der Waals surface area contributed by atoms with Gasteiger partial charge in [-0.25, -0.2) is 0 Å². The van der Waals surface area contributed by atoms with Crippen molar-refractivity contribution in [1.82, 2.24) is 5.32 Å². The first kappa shape index (κ1) is 15.4. The minimum atomic E-state index is 0. The van der Waals surface area contributed by atoms with Crippen LogP contribution in [0.15, 0.2) is 0 Å². The van der Waals surface area contributed by atoms with Crippen LogP contribution in [-0.2, 0) is 14.3 Å². The average Bonchev–Trinajstić information content (AvgIpc) is 2.24. The van der Waals surface area contributed by atoms with Gasteiger partial charge in [-0.15, -0.1) is 0 Å². The van der Waals surface area contributed by atoms with Crippen LogP contribution in [0.2, 0.25) is 0 Å². The van der Waals surface area contributed by atoms with Gasteiger partial charge in [-0.3, -0.25) is 4.79 Å². The monoisotopic (exact) mass is 233 g/mol. The van der Waals surface area contributed by atoms with E-state index < -0.39 is 0 Å². The lowest BCUT2D eigenvalue weighted by Gasteiger charge is -2.08. The van der Waals surface area contributed by atoms with E-state index in [2.05, 4.69) is 5.32 Å². The Bertz CT molecular complexity index is 177. The topological polar surface area (TPSA) is 47.6 Å². The lowest BCUT2D eigenvalue weighted by Crippen LogP contribution is -2.27. The third-order valence-corrected chi connectivity index (χ3v) is 2.02. The van der Waals surface area contributed by atoms with Crippen LogP contribution in [0.25, 0.3) is 0 Å². The first-order valence-electron chi connectivity index (χ1n) is 6.12. The summed E-state index contributed by atoms with van der Waals surface area (Å²) in [4.78, 5) is 11.3. The highest BCUT2D eigenvalue weighted by Crippen LogP contribution is 1.95. The Hall–Kier alpha value is -0.610. The van der Waals surface area contributed by atoms with Gasteiger partial charge >= 0.3 is 0 Å². The summed E-state index contributed by atoms with van der Waals surface area (Å²) in [6, 6.07) is 0. The summed E-state index contributed by atoms with van der Waals surface area (Å²) in [6.45, 7) is 8.62. The Labute approximate surface area is 100 Å². The maximum Gasteiger partial charge on any atom is 0.220 e. The zero-order valence-electron chi connectivity index (χ0n) is 10.8. The van der Waals surface area contributed by atoms with E-state index in [1.807, 2.05) is 20.8 Å². The highest BCUT2D eigenvalue weighted by atomic mass is 16.5. The number of nitrogens with one attached hydrogen (secondary N) is 1. The van der Waals surface area contributed by atoms with Crippen LogP contribution in [0.1, 0.15) is 41.5 Å². The number of amides is 1. The summed E-state index contributed by atoms with van der Waals surface area (Å²) < 4.78 is 10.5. The standard InChI is InChI=1S/C12H25NO3.H2/c1-4-15-9-6-5-7-12(14)13-8-10-16-11(2)3;/h11H,4-10H2,1-3H3,(H,13,14);1H. The normalized spacial score (nSPS) is 10.8. The van der Waals surface area contributed by atoms with Gasteiger partial charge in [-0.05, 0) is 33.6 Å². The molecule has 0 aromatic carbocycles. The molecule has 0 heterocycles. The van der Waals surface area contributed by atoms with Crippen LogP contribution < -0.4 is 5.32 Å². The third kappa shape index (κ3) is 11.5. The summed E-state index contributed by atoms with van der Waals surface area (Å²) in [6.07, 6.45) is 2.64. The second-order valence-electron chi connectivity index (χ2n) is 3.92. The van der Waals surface area contributed by atoms with E-state index in [1.165, 1.54) is 0 Å². The second-order valence-corrected chi connectivity index (χ2v) is 3.92. The quantitative estimate of drug-likeness (QED) is 0.587. The summed E-state index contributed by atoms with van der Waals surface area (Å²) >= 11 is 0. The second kappa shape index (κ2) is 10.9. The van der Waals surface area contributed by atoms with Crippen molar-refractivity contribution in [2.24, 2.45) is 0 Å². The van der Waals surface area contributed by atoms with E-state index in [0.717, 1.165) is 26.1 Å². The fourth-order valence-corrected chi connectivity index (χ4v) is 1.21. The van der Waals surface area contributed by atoms with Gasteiger partial charge in [0.15, 0.2) is 0 Å². The van der Waals surface area contributed by atoms with Gasteiger partial charge in [0.25, 0.3) is 0 Å². The molecular weight excluding hydrogens is 206 g/mol. The molecule has 0 saturated heterocycles. The zero-order chi connectivity index (χ0) is 12.2. The highest BCUT2D eigenvalue weighted by Gasteiger charge is 2.00.